The summed E-state index contributed by atoms with van der Waals surface area (Å²) in [5.41, 5.74) is 4.84. The number of halogens is 2. The van der Waals surface area contributed by atoms with Crippen LogP contribution in [-0.4, -0.2) is 26.0 Å². The van der Waals surface area contributed by atoms with E-state index in [4.69, 9.17) is 9.47 Å². The molecule has 0 bridgehead atoms. The SMILES string of the molecule is COC(=O)C1=C(C)NC2=C(C(=O)c3ccccc32)[C@H]1c1cc(I)c(OC)c(I)c1. The van der Waals surface area contributed by atoms with E-state index in [2.05, 4.69) is 50.5 Å². The Bertz CT molecular complexity index is 1110. The van der Waals surface area contributed by atoms with Gasteiger partial charge in [-0.3, -0.25) is 4.79 Å². The van der Waals surface area contributed by atoms with Crippen molar-refractivity contribution in [2.24, 2.45) is 0 Å². The second kappa shape index (κ2) is 7.75. The topological polar surface area (TPSA) is 64.6 Å². The number of nitrogens with one attached hydrogen (secondary N) is 1. The molecule has 0 aromatic heterocycles. The van der Waals surface area contributed by atoms with Crippen LogP contribution in [0, 0.1) is 7.14 Å². The van der Waals surface area contributed by atoms with Crippen molar-refractivity contribution in [1.82, 2.24) is 5.32 Å². The lowest BCUT2D eigenvalue weighted by Crippen LogP contribution is -2.29. The summed E-state index contributed by atoms with van der Waals surface area (Å²) in [6.45, 7) is 1.84. The zero-order valence-electron chi connectivity index (χ0n) is 15.9. The second-order valence-corrected chi connectivity index (χ2v) is 9.09. The minimum absolute atomic E-state index is 0.0668. The molecular formula is C22H17I2NO4. The standard InChI is InChI=1S/C22H17I2NO4/c1-10-16(22(27)29-3)17(11-8-14(23)21(28-2)15(24)9-11)18-19(25-10)12-6-4-5-7-13(12)20(18)26/h4-9,17,25H,1-3H3/t17-/m0/s1. The van der Waals surface area contributed by atoms with Crippen molar-refractivity contribution in [3.63, 3.8) is 0 Å². The zero-order valence-corrected chi connectivity index (χ0v) is 20.2. The Labute approximate surface area is 195 Å². The van der Waals surface area contributed by atoms with E-state index in [0.29, 0.717) is 22.4 Å². The molecule has 2 aromatic rings. The molecule has 2 aliphatic rings. The molecule has 148 valence electrons. The molecule has 5 nitrogen and oxygen atoms in total. The molecule has 0 radical (unpaired) electrons. The van der Waals surface area contributed by atoms with E-state index < -0.39 is 11.9 Å². The number of hydrogen-bond acceptors (Lipinski definition) is 5. The third-order valence-electron chi connectivity index (χ3n) is 5.21. The maximum Gasteiger partial charge on any atom is 0.336 e. The molecule has 1 atom stereocenters. The van der Waals surface area contributed by atoms with Crippen LogP contribution in [0.15, 0.2) is 53.2 Å². The number of ether oxygens (including phenoxy) is 2. The van der Waals surface area contributed by atoms with Gasteiger partial charge in [-0.1, -0.05) is 24.3 Å². The molecule has 0 unspecified atom stereocenters. The van der Waals surface area contributed by atoms with Crippen molar-refractivity contribution in [2.75, 3.05) is 14.2 Å². The van der Waals surface area contributed by atoms with Crippen LogP contribution in [0.4, 0.5) is 0 Å². The molecule has 4 rings (SSSR count). The van der Waals surface area contributed by atoms with Crippen LogP contribution >= 0.6 is 45.2 Å². The van der Waals surface area contributed by atoms with Gasteiger partial charge in [-0.2, -0.15) is 0 Å². The van der Waals surface area contributed by atoms with E-state index in [0.717, 1.165) is 29.7 Å². The van der Waals surface area contributed by atoms with Crippen molar-refractivity contribution in [2.45, 2.75) is 12.8 Å². The Balaban J connectivity index is 1.98. The van der Waals surface area contributed by atoms with E-state index in [1.807, 2.05) is 43.3 Å². The highest BCUT2D eigenvalue weighted by Crippen LogP contribution is 2.47. The summed E-state index contributed by atoms with van der Waals surface area (Å²) in [4.78, 5) is 26.1. The number of methoxy groups -OCH3 is 2. The van der Waals surface area contributed by atoms with E-state index in [-0.39, 0.29) is 5.78 Å². The largest absolute Gasteiger partial charge is 0.495 e. The van der Waals surface area contributed by atoms with Gasteiger partial charge in [-0.25, -0.2) is 4.79 Å². The maximum atomic E-state index is 13.4. The summed E-state index contributed by atoms with van der Waals surface area (Å²) < 4.78 is 12.4. The Morgan fingerprint density at radius 3 is 2.28 bits per heavy atom. The van der Waals surface area contributed by atoms with Crippen LogP contribution in [0.3, 0.4) is 0 Å². The number of benzene rings is 2. The van der Waals surface area contributed by atoms with Crippen LogP contribution < -0.4 is 10.1 Å². The predicted octanol–water partition coefficient (Wildman–Crippen LogP) is 4.65. The molecule has 29 heavy (non-hydrogen) atoms. The number of allylic oxidation sites excluding steroid dienone is 2. The lowest BCUT2D eigenvalue weighted by molar-refractivity contribution is -0.136. The summed E-state index contributed by atoms with van der Waals surface area (Å²) in [6.07, 6.45) is 0. The van der Waals surface area contributed by atoms with Crippen molar-refractivity contribution < 1.29 is 19.1 Å². The number of carbonyl (C=O) groups is 2. The smallest absolute Gasteiger partial charge is 0.336 e. The van der Waals surface area contributed by atoms with Gasteiger partial charge in [0, 0.05) is 28.3 Å². The lowest BCUT2D eigenvalue weighted by atomic mass is 9.80. The third-order valence-corrected chi connectivity index (χ3v) is 6.81. The summed E-state index contributed by atoms with van der Waals surface area (Å²) in [5, 5.41) is 3.29. The number of hydrogen-bond donors (Lipinski definition) is 1. The first kappa shape index (κ1) is 20.4. The molecule has 1 heterocycles. The van der Waals surface area contributed by atoms with Gasteiger partial charge in [0.25, 0.3) is 0 Å². The normalized spacial score (nSPS) is 17.7. The van der Waals surface area contributed by atoms with Crippen LogP contribution in [0.25, 0.3) is 5.70 Å². The minimum atomic E-state index is -0.522. The molecular weight excluding hydrogens is 596 g/mol. The number of dihydropyridines is 1. The molecule has 2 aromatic carbocycles. The van der Waals surface area contributed by atoms with Gasteiger partial charge in [-0.15, -0.1) is 0 Å². The maximum absolute atomic E-state index is 13.4. The van der Waals surface area contributed by atoms with Crippen LogP contribution in [0.1, 0.15) is 34.3 Å². The average molecular weight is 613 g/mol. The van der Waals surface area contributed by atoms with E-state index in [1.165, 1.54) is 7.11 Å². The highest BCUT2D eigenvalue weighted by atomic mass is 127. The molecule has 0 saturated carbocycles. The molecule has 0 amide bonds. The van der Waals surface area contributed by atoms with Gasteiger partial charge in [0.15, 0.2) is 5.78 Å². The number of esters is 1. The monoisotopic (exact) mass is 613 g/mol. The first-order valence-electron chi connectivity index (χ1n) is 8.86. The fourth-order valence-corrected chi connectivity index (χ4v) is 6.24. The fraction of sp³-hybridized carbons (Fsp3) is 0.182. The van der Waals surface area contributed by atoms with Gasteiger partial charge < -0.3 is 14.8 Å². The minimum Gasteiger partial charge on any atom is -0.495 e. The fourth-order valence-electron chi connectivity index (χ4n) is 3.98. The van der Waals surface area contributed by atoms with Crippen LogP contribution in [0.5, 0.6) is 5.75 Å². The summed E-state index contributed by atoms with van der Waals surface area (Å²) in [5.74, 6) is -0.259. The van der Waals surface area contributed by atoms with E-state index in [9.17, 15) is 9.59 Å². The summed E-state index contributed by atoms with van der Waals surface area (Å²) in [6, 6.07) is 11.4. The molecule has 0 spiro atoms. The Morgan fingerprint density at radius 1 is 1.07 bits per heavy atom. The molecule has 0 fully saturated rings. The van der Waals surface area contributed by atoms with Gasteiger partial charge in [0.05, 0.1) is 32.6 Å². The number of fused-ring (bicyclic) bond motifs is 2. The lowest BCUT2D eigenvalue weighted by Gasteiger charge is -2.29. The highest BCUT2D eigenvalue weighted by molar-refractivity contribution is 14.1. The average Bonchev–Trinajstić information content (AvgIpc) is 2.98. The van der Waals surface area contributed by atoms with Crippen LogP contribution in [0.2, 0.25) is 0 Å². The van der Waals surface area contributed by atoms with Crippen molar-refractivity contribution >= 4 is 62.6 Å². The molecule has 1 aliphatic heterocycles. The third kappa shape index (κ3) is 3.18. The zero-order chi connectivity index (χ0) is 20.9. The summed E-state index contributed by atoms with van der Waals surface area (Å²) in [7, 11) is 2.99. The van der Waals surface area contributed by atoms with Crippen molar-refractivity contribution in [1.29, 1.82) is 0 Å². The Morgan fingerprint density at radius 2 is 1.69 bits per heavy atom. The Hall–Kier alpha value is -1.88. The van der Waals surface area contributed by atoms with E-state index >= 15 is 0 Å². The first-order chi connectivity index (χ1) is 13.9. The molecule has 1 aliphatic carbocycles. The van der Waals surface area contributed by atoms with Gasteiger partial charge in [0.2, 0.25) is 0 Å². The molecule has 0 saturated heterocycles. The van der Waals surface area contributed by atoms with Gasteiger partial charge in [-0.05, 0) is 69.8 Å². The molecule has 7 heteroatoms. The second-order valence-electron chi connectivity index (χ2n) is 6.77. The van der Waals surface area contributed by atoms with Crippen molar-refractivity contribution in [3.05, 3.63) is 77.1 Å². The van der Waals surface area contributed by atoms with E-state index in [1.54, 1.807) is 7.11 Å². The van der Waals surface area contributed by atoms with Gasteiger partial charge >= 0.3 is 5.97 Å². The Kier molecular flexibility index (Phi) is 5.45. The van der Waals surface area contributed by atoms with Crippen LogP contribution in [-0.2, 0) is 9.53 Å². The predicted molar refractivity (Wildman–Crippen MR) is 127 cm³/mol. The number of rotatable bonds is 3. The van der Waals surface area contributed by atoms with Crippen molar-refractivity contribution in [3.8, 4) is 5.75 Å². The molecule has 1 N–H and O–H groups in total. The summed E-state index contributed by atoms with van der Waals surface area (Å²) >= 11 is 4.43. The number of carbonyl (C=O) groups excluding carboxylic acids is 2. The first-order valence-corrected chi connectivity index (χ1v) is 11.0. The van der Waals surface area contributed by atoms with Gasteiger partial charge in [0.1, 0.15) is 5.75 Å². The highest BCUT2D eigenvalue weighted by Gasteiger charge is 2.43. The number of ketones is 1. The quantitative estimate of drug-likeness (QED) is 0.404. The number of Topliss-reactive ketones (excluding diaryl/α,β-unsaturated/α-hetero) is 1.